The molecule has 0 aliphatic carbocycles. The minimum absolute atomic E-state index is 0.00943. The van der Waals surface area contributed by atoms with Crippen LogP contribution < -0.4 is 28.4 Å². The van der Waals surface area contributed by atoms with E-state index in [9.17, 15) is 9.59 Å². The molecular weight excluding hydrogens is 400 g/mol. The molecule has 2 aromatic carbocycles. The molecule has 30 heavy (non-hydrogen) atoms. The molecule has 0 saturated heterocycles. The minimum Gasteiger partial charge on any atom is -0.493 e. The van der Waals surface area contributed by atoms with Gasteiger partial charge in [-0.25, -0.2) is 9.59 Å². The third-order valence-corrected chi connectivity index (χ3v) is 4.17. The van der Waals surface area contributed by atoms with Gasteiger partial charge in [-0.3, -0.25) is 0 Å². The number of hydrogen-bond acceptors (Lipinski definition) is 8. The maximum atomic E-state index is 10.7. The molecule has 2 aliphatic rings. The van der Waals surface area contributed by atoms with E-state index in [4.69, 9.17) is 38.6 Å². The monoisotopic (exact) mass is 420 g/mol. The first-order valence-corrected chi connectivity index (χ1v) is 8.83. The Morgan fingerprint density at radius 1 is 0.800 bits per heavy atom. The van der Waals surface area contributed by atoms with E-state index in [1.54, 1.807) is 36.4 Å². The van der Waals surface area contributed by atoms with Crippen molar-refractivity contribution < 1.29 is 48.2 Å². The topological polar surface area (TPSA) is 130 Å². The van der Waals surface area contributed by atoms with Crippen LogP contribution in [0.5, 0.6) is 34.5 Å². The van der Waals surface area contributed by atoms with Gasteiger partial charge < -0.3 is 38.6 Å². The van der Waals surface area contributed by atoms with Gasteiger partial charge in [0.1, 0.15) is 13.2 Å². The van der Waals surface area contributed by atoms with E-state index < -0.39 is 24.1 Å². The van der Waals surface area contributed by atoms with Crippen molar-refractivity contribution in [1.82, 2.24) is 0 Å². The van der Waals surface area contributed by atoms with E-state index in [1.165, 1.54) is 14.2 Å². The van der Waals surface area contributed by atoms with Gasteiger partial charge >= 0.3 is 11.9 Å². The molecule has 10 nitrogen and oxygen atoms in total. The first-order valence-electron chi connectivity index (χ1n) is 8.83. The zero-order chi connectivity index (χ0) is 21.7. The Balaban J connectivity index is 0.000000171. The Hall–Kier alpha value is -3.82. The molecule has 2 aromatic rings. The van der Waals surface area contributed by atoms with Crippen LogP contribution >= 0.6 is 0 Å². The van der Waals surface area contributed by atoms with Crippen LogP contribution in [0.1, 0.15) is 0 Å². The van der Waals surface area contributed by atoms with Crippen molar-refractivity contribution in [3.05, 3.63) is 36.4 Å². The summed E-state index contributed by atoms with van der Waals surface area (Å²) in [4.78, 5) is 21.4. The second-order valence-electron chi connectivity index (χ2n) is 6.09. The van der Waals surface area contributed by atoms with Crippen LogP contribution in [0.4, 0.5) is 0 Å². The maximum Gasteiger partial charge on any atom is 0.348 e. The maximum absolute atomic E-state index is 10.7. The standard InChI is InChI=1S/2C10H10O5/c1-13-6-3-2-4-7-9(6)14-5-8(15-7)10(11)12;1-13-6-3-2-4-7-9(6)15-8(5-14-7)10(11)12/h2*2-4,8H,5H2,1H3,(H,11,12). The largest absolute Gasteiger partial charge is 0.493 e. The van der Waals surface area contributed by atoms with Crippen molar-refractivity contribution in [1.29, 1.82) is 0 Å². The summed E-state index contributed by atoms with van der Waals surface area (Å²) in [6.45, 7) is -0.00178. The molecule has 0 bridgehead atoms. The molecule has 0 fully saturated rings. The van der Waals surface area contributed by atoms with E-state index in [2.05, 4.69) is 0 Å². The second kappa shape index (κ2) is 9.12. The highest BCUT2D eigenvalue weighted by molar-refractivity contribution is 5.74. The molecule has 2 heterocycles. The lowest BCUT2D eigenvalue weighted by atomic mass is 10.2. The highest BCUT2D eigenvalue weighted by Gasteiger charge is 2.29. The number of rotatable bonds is 4. The summed E-state index contributed by atoms with van der Waals surface area (Å²) in [5.41, 5.74) is 0. The van der Waals surface area contributed by atoms with E-state index in [1.807, 2.05) is 0 Å². The van der Waals surface area contributed by atoms with Crippen molar-refractivity contribution in [2.24, 2.45) is 0 Å². The minimum atomic E-state index is -1.05. The number of aliphatic carboxylic acids is 2. The average Bonchev–Trinajstić information content (AvgIpc) is 2.77. The molecule has 4 rings (SSSR count). The third-order valence-electron chi connectivity index (χ3n) is 4.17. The van der Waals surface area contributed by atoms with Gasteiger partial charge in [-0.2, -0.15) is 0 Å². The van der Waals surface area contributed by atoms with Crippen LogP contribution in [0.25, 0.3) is 0 Å². The molecule has 0 amide bonds. The zero-order valence-electron chi connectivity index (χ0n) is 16.2. The van der Waals surface area contributed by atoms with Crippen molar-refractivity contribution >= 4 is 11.9 Å². The van der Waals surface area contributed by atoms with Gasteiger partial charge in [0, 0.05) is 0 Å². The summed E-state index contributed by atoms with van der Waals surface area (Å²) in [6.07, 6.45) is -1.93. The van der Waals surface area contributed by atoms with E-state index in [-0.39, 0.29) is 13.2 Å². The Kier molecular flexibility index (Phi) is 6.35. The molecule has 0 spiro atoms. The number of methoxy groups -OCH3 is 2. The normalized spacial score (nSPS) is 18.3. The Labute approximate surface area is 171 Å². The number of benzene rings is 2. The van der Waals surface area contributed by atoms with Gasteiger partial charge in [0.15, 0.2) is 23.0 Å². The van der Waals surface area contributed by atoms with Crippen LogP contribution in [-0.4, -0.2) is 61.8 Å². The van der Waals surface area contributed by atoms with Gasteiger partial charge in [-0.05, 0) is 24.3 Å². The van der Waals surface area contributed by atoms with Crippen LogP contribution in [0.2, 0.25) is 0 Å². The van der Waals surface area contributed by atoms with Crippen LogP contribution in [0.15, 0.2) is 36.4 Å². The fraction of sp³-hybridized carbons (Fsp3) is 0.300. The van der Waals surface area contributed by atoms with Crippen molar-refractivity contribution in [2.75, 3.05) is 27.4 Å². The number of hydrogen-bond donors (Lipinski definition) is 2. The molecule has 0 saturated carbocycles. The van der Waals surface area contributed by atoms with Gasteiger partial charge in [-0.15, -0.1) is 0 Å². The lowest BCUT2D eigenvalue weighted by Crippen LogP contribution is -2.36. The van der Waals surface area contributed by atoms with E-state index in [0.717, 1.165) is 0 Å². The first-order chi connectivity index (χ1) is 14.4. The Morgan fingerprint density at radius 3 is 1.93 bits per heavy atom. The Morgan fingerprint density at radius 2 is 1.33 bits per heavy atom. The molecular formula is C20H20O10. The molecule has 160 valence electrons. The van der Waals surface area contributed by atoms with Gasteiger partial charge in [-0.1, -0.05) is 12.1 Å². The van der Waals surface area contributed by atoms with E-state index in [0.29, 0.717) is 34.5 Å². The number of carboxylic acids is 2. The predicted molar refractivity (Wildman–Crippen MR) is 101 cm³/mol. The van der Waals surface area contributed by atoms with E-state index >= 15 is 0 Å². The zero-order valence-corrected chi connectivity index (χ0v) is 16.2. The quantitative estimate of drug-likeness (QED) is 0.755. The highest BCUT2D eigenvalue weighted by atomic mass is 16.6. The molecule has 10 heteroatoms. The fourth-order valence-electron chi connectivity index (χ4n) is 2.71. The predicted octanol–water partition coefficient (Wildman–Crippen LogP) is 1.84. The number of ether oxygens (including phenoxy) is 6. The van der Waals surface area contributed by atoms with Crippen LogP contribution in [-0.2, 0) is 9.59 Å². The van der Waals surface area contributed by atoms with Gasteiger partial charge in [0.05, 0.1) is 14.2 Å². The lowest BCUT2D eigenvalue weighted by Gasteiger charge is -2.24. The molecule has 0 aromatic heterocycles. The Bertz CT molecular complexity index is 912. The molecule has 2 aliphatic heterocycles. The molecule has 2 atom stereocenters. The summed E-state index contributed by atoms with van der Waals surface area (Å²) >= 11 is 0. The third kappa shape index (κ3) is 4.43. The molecule has 2 unspecified atom stereocenters. The second-order valence-corrected chi connectivity index (χ2v) is 6.09. The van der Waals surface area contributed by atoms with Crippen molar-refractivity contribution in [2.45, 2.75) is 12.2 Å². The SMILES string of the molecule is COc1cccc2c1OC(C(=O)O)CO2.COc1cccc2c1OCC(C(=O)O)O2. The summed E-state index contributed by atoms with van der Waals surface area (Å²) in [5.74, 6) is 0.626. The summed E-state index contributed by atoms with van der Waals surface area (Å²) in [7, 11) is 3.01. The smallest absolute Gasteiger partial charge is 0.348 e. The lowest BCUT2D eigenvalue weighted by molar-refractivity contribution is -0.148. The number of para-hydroxylation sites is 2. The average molecular weight is 420 g/mol. The number of fused-ring (bicyclic) bond motifs is 2. The number of carbonyl (C=O) groups is 2. The number of carboxylic acid groups (broad SMARTS) is 2. The van der Waals surface area contributed by atoms with Gasteiger partial charge in [0.2, 0.25) is 23.7 Å². The summed E-state index contributed by atoms with van der Waals surface area (Å²) in [5, 5.41) is 17.5. The fourth-order valence-corrected chi connectivity index (χ4v) is 2.71. The summed E-state index contributed by atoms with van der Waals surface area (Å²) < 4.78 is 31.1. The van der Waals surface area contributed by atoms with Crippen LogP contribution in [0.3, 0.4) is 0 Å². The van der Waals surface area contributed by atoms with Gasteiger partial charge in [0.25, 0.3) is 0 Å². The molecule has 0 radical (unpaired) electrons. The van der Waals surface area contributed by atoms with Crippen molar-refractivity contribution in [3.63, 3.8) is 0 Å². The first kappa shape index (κ1) is 20.9. The van der Waals surface area contributed by atoms with Crippen molar-refractivity contribution in [3.8, 4) is 34.5 Å². The van der Waals surface area contributed by atoms with Crippen LogP contribution in [0, 0.1) is 0 Å². The highest BCUT2D eigenvalue weighted by Crippen LogP contribution is 2.40. The molecule has 2 N–H and O–H groups in total. The summed E-state index contributed by atoms with van der Waals surface area (Å²) in [6, 6.07) is 10.2.